The summed E-state index contributed by atoms with van der Waals surface area (Å²) in [6.45, 7) is 1.47. The molecule has 8 nitrogen and oxygen atoms in total. The first kappa shape index (κ1) is 20.0. The molecule has 1 aromatic carbocycles. The van der Waals surface area contributed by atoms with Crippen LogP contribution in [0.3, 0.4) is 0 Å². The van der Waals surface area contributed by atoms with Crippen LogP contribution in [0.4, 0.5) is 0 Å². The van der Waals surface area contributed by atoms with Crippen LogP contribution in [0, 0.1) is 5.92 Å². The van der Waals surface area contributed by atoms with E-state index in [-0.39, 0.29) is 30.8 Å². The molecule has 0 atom stereocenters. The van der Waals surface area contributed by atoms with E-state index in [0.717, 1.165) is 30.4 Å². The quantitative estimate of drug-likeness (QED) is 0.722. The van der Waals surface area contributed by atoms with Crippen LogP contribution < -0.4 is 10.9 Å². The molecule has 150 valence electrons. The number of nitrogens with zero attached hydrogens (tertiary/aromatic N) is 2. The topological polar surface area (TPSA) is 111 Å². The first-order valence-electron chi connectivity index (χ1n) is 9.56. The summed E-state index contributed by atoms with van der Waals surface area (Å²) in [4.78, 5) is 37.0. The van der Waals surface area contributed by atoms with Crippen LogP contribution in [0.1, 0.15) is 43.1 Å². The van der Waals surface area contributed by atoms with Crippen molar-refractivity contribution in [1.82, 2.24) is 15.1 Å². The number of carbonyl (C=O) groups excluding carboxylic acids is 2. The summed E-state index contributed by atoms with van der Waals surface area (Å²) < 4.78 is 6.17. The summed E-state index contributed by atoms with van der Waals surface area (Å²) in [6, 6.07) is 6.68. The Morgan fingerprint density at radius 1 is 1.21 bits per heavy atom. The van der Waals surface area contributed by atoms with E-state index in [4.69, 9.17) is 9.84 Å². The van der Waals surface area contributed by atoms with Crippen molar-refractivity contribution in [2.24, 2.45) is 5.92 Å². The van der Waals surface area contributed by atoms with E-state index in [1.807, 2.05) is 0 Å². The fraction of sp³-hybridized carbons (Fsp3) is 0.500. The smallest absolute Gasteiger partial charge is 0.359 e. The van der Waals surface area contributed by atoms with E-state index in [2.05, 4.69) is 17.3 Å². The molecule has 1 fully saturated rings. The summed E-state index contributed by atoms with van der Waals surface area (Å²) in [6.07, 6.45) is 4.01. The number of amides is 1. The van der Waals surface area contributed by atoms with Crippen molar-refractivity contribution in [1.29, 1.82) is 0 Å². The number of aliphatic hydroxyl groups excluding tert-OH is 1. The summed E-state index contributed by atoms with van der Waals surface area (Å²) in [5.74, 6) is -0.448. The molecule has 0 radical (unpaired) electrons. The van der Waals surface area contributed by atoms with Crippen LogP contribution in [0.15, 0.2) is 29.1 Å². The van der Waals surface area contributed by atoms with Gasteiger partial charge in [-0.25, -0.2) is 9.48 Å². The van der Waals surface area contributed by atoms with Crippen molar-refractivity contribution in [3.63, 3.8) is 0 Å². The van der Waals surface area contributed by atoms with Crippen molar-refractivity contribution < 1.29 is 19.4 Å². The van der Waals surface area contributed by atoms with Gasteiger partial charge in [0.25, 0.3) is 11.5 Å². The van der Waals surface area contributed by atoms with Gasteiger partial charge in [0.1, 0.15) is 0 Å². The number of ether oxygens (including phenoxy) is 1. The molecule has 8 heteroatoms. The molecule has 1 aliphatic rings. The number of nitrogens with one attached hydrogen (secondary N) is 1. The molecule has 1 saturated carbocycles. The molecule has 2 aromatic rings. The van der Waals surface area contributed by atoms with Gasteiger partial charge in [-0.05, 0) is 37.7 Å². The second kappa shape index (κ2) is 8.97. The number of aliphatic hydroxyl groups is 1. The molecule has 0 aliphatic heterocycles. The Kier molecular flexibility index (Phi) is 6.41. The SMILES string of the molecule is CC1CCC(NC(=O)COC(=O)c2nn(CCO)c(=O)c3ccccc23)CC1. The number of benzene rings is 1. The highest BCUT2D eigenvalue weighted by molar-refractivity contribution is 6.02. The number of hydrogen-bond donors (Lipinski definition) is 2. The second-order valence-corrected chi connectivity index (χ2v) is 7.25. The zero-order valence-electron chi connectivity index (χ0n) is 15.9. The molecule has 1 aliphatic carbocycles. The van der Waals surface area contributed by atoms with Crippen molar-refractivity contribution in [3.05, 3.63) is 40.3 Å². The molecule has 2 N–H and O–H groups in total. The number of rotatable bonds is 6. The normalized spacial score (nSPS) is 19.4. The maximum atomic E-state index is 12.5. The fourth-order valence-corrected chi connectivity index (χ4v) is 3.51. The maximum Gasteiger partial charge on any atom is 0.359 e. The van der Waals surface area contributed by atoms with E-state index in [0.29, 0.717) is 16.7 Å². The molecule has 28 heavy (non-hydrogen) atoms. The predicted octanol–water partition coefficient (Wildman–Crippen LogP) is 1.24. The molecular formula is C20H25N3O5. The monoisotopic (exact) mass is 387 g/mol. The summed E-state index contributed by atoms with van der Waals surface area (Å²) in [7, 11) is 0. The lowest BCUT2D eigenvalue weighted by atomic mass is 9.87. The van der Waals surface area contributed by atoms with Crippen molar-refractivity contribution >= 4 is 22.6 Å². The number of aromatic nitrogens is 2. The van der Waals surface area contributed by atoms with Crippen LogP contribution in [0.2, 0.25) is 0 Å². The Morgan fingerprint density at radius 3 is 2.57 bits per heavy atom. The zero-order chi connectivity index (χ0) is 20.1. The molecule has 0 spiro atoms. The van der Waals surface area contributed by atoms with Gasteiger partial charge in [0.05, 0.1) is 18.5 Å². The zero-order valence-corrected chi connectivity index (χ0v) is 15.9. The molecule has 1 aromatic heterocycles. The van der Waals surface area contributed by atoms with Crippen LogP contribution in [-0.2, 0) is 16.1 Å². The van der Waals surface area contributed by atoms with E-state index in [1.165, 1.54) is 0 Å². The minimum Gasteiger partial charge on any atom is -0.451 e. The van der Waals surface area contributed by atoms with Gasteiger partial charge in [-0.2, -0.15) is 5.10 Å². The third-order valence-corrected chi connectivity index (χ3v) is 5.09. The molecule has 0 bridgehead atoms. The third kappa shape index (κ3) is 4.56. The highest BCUT2D eigenvalue weighted by Crippen LogP contribution is 2.23. The Balaban J connectivity index is 1.70. The first-order chi connectivity index (χ1) is 13.5. The van der Waals surface area contributed by atoms with E-state index in [1.54, 1.807) is 24.3 Å². The maximum absolute atomic E-state index is 12.5. The van der Waals surface area contributed by atoms with E-state index in [9.17, 15) is 14.4 Å². The summed E-state index contributed by atoms with van der Waals surface area (Å²) in [5, 5.41) is 16.7. The minimum atomic E-state index is -0.782. The largest absolute Gasteiger partial charge is 0.451 e. The molecular weight excluding hydrogens is 362 g/mol. The summed E-state index contributed by atoms with van der Waals surface area (Å²) >= 11 is 0. The van der Waals surface area contributed by atoms with Gasteiger partial charge in [0.2, 0.25) is 0 Å². The van der Waals surface area contributed by atoms with E-state index >= 15 is 0 Å². The van der Waals surface area contributed by atoms with E-state index < -0.39 is 18.1 Å². The van der Waals surface area contributed by atoms with Gasteiger partial charge in [-0.1, -0.05) is 25.1 Å². The van der Waals surface area contributed by atoms with Crippen molar-refractivity contribution in [2.45, 2.75) is 45.2 Å². The van der Waals surface area contributed by atoms with Gasteiger partial charge >= 0.3 is 5.97 Å². The molecule has 0 saturated heterocycles. The standard InChI is InChI=1S/C20H25N3O5/c1-13-6-8-14(9-7-13)21-17(25)12-28-20(27)18-15-4-2-3-5-16(15)19(26)23(22-18)10-11-24/h2-5,13-14,24H,6-12H2,1H3,(H,21,25). The fourth-order valence-electron chi connectivity index (χ4n) is 3.51. The minimum absolute atomic E-state index is 0.0372. The average Bonchev–Trinajstić information content (AvgIpc) is 2.70. The molecule has 1 heterocycles. The second-order valence-electron chi connectivity index (χ2n) is 7.25. The van der Waals surface area contributed by atoms with Crippen molar-refractivity contribution in [2.75, 3.05) is 13.2 Å². The lowest BCUT2D eigenvalue weighted by molar-refractivity contribution is -0.125. The Morgan fingerprint density at radius 2 is 1.89 bits per heavy atom. The Labute approximate surface area is 162 Å². The lowest BCUT2D eigenvalue weighted by Crippen LogP contribution is -2.39. The number of fused-ring (bicyclic) bond motifs is 1. The lowest BCUT2D eigenvalue weighted by Gasteiger charge is -2.26. The molecule has 1 amide bonds. The van der Waals surface area contributed by atoms with Crippen LogP contribution in [0.25, 0.3) is 10.8 Å². The highest BCUT2D eigenvalue weighted by Gasteiger charge is 2.22. The third-order valence-electron chi connectivity index (χ3n) is 5.09. The number of esters is 1. The van der Waals surface area contributed by atoms with Gasteiger partial charge in [0.15, 0.2) is 12.3 Å². The first-order valence-corrected chi connectivity index (χ1v) is 9.56. The molecule has 3 rings (SSSR count). The van der Waals surface area contributed by atoms with Crippen LogP contribution in [-0.4, -0.2) is 46.0 Å². The average molecular weight is 387 g/mol. The van der Waals surface area contributed by atoms with Crippen LogP contribution >= 0.6 is 0 Å². The van der Waals surface area contributed by atoms with Crippen LogP contribution in [0.5, 0.6) is 0 Å². The summed E-state index contributed by atoms with van der Waals surface area (Å²) in [5.41, 5.74) is -0.451. The highest BCUT2D eigenvalue weighted by atomic mass is 16.5. The molecule has 0 unspecified atom stereocenters. The van der Waals surface area contributed by atoms with Gasteiger partial charge in [-0.3, -0.25) is 9.59 Å². The van der Waals surface area contributed by atoms with Crippen molar-refractivity contribution in [3.8, 4) is 0 Å². The van der Waals surface area contributed by atoms with Gasteiger partial charge in [0, 0.05) is 11.4 Å². The van der Waals surface area contributed by atoms with Gasteiger partial charge in [-0.15, -0.1) is 0 Å². The Bertz CT molecular complexity index is 916. The number of hydrogen-bond acceptors (Lipinski definition) is 6. The number of carbonyl (C=O) groups is 2. The predicted molar refractivity (Wildman–Crippen MR) is 103 cm³/mol. The Hall–Kier alpha value is -2.74. The van der Waals surface area contributed by atoms with Gasteiger partial charge < -0.3 is 15.2 Å².